The molecule has 1 aromatic rings. The largest absolute Gasteiger partial charge is 0.305 e. The number of sulfonamides is 1. The first kappa shape index (κ1) is 16.4. The summed E-state index contributed by atoms with van der Waals surface area (Å²) in [6.07, 6.45) is 0. The van der Waals surface area contributed by atoms with E-state index >= 15 is 0 Å². The van der Waals surface area contributed by atoms with Crippen LogP contribution in [0.3, 0.4) is 0 Å². The van der Waals surface area contributed by atoms with Gasteiger partial charge in [0, 0.05) is 19.1 Å². The van der Waals surface area contributed by atoms with Crippen molar-refractivity contribution < 1.29 is 12.8 Å². The van der Waals surface area contributed by atoms with E-state index in [2.05, 4.69) is 11.8 Å². The van der Waals surface area contributed by atoms with Crippen molar-refractivity contribution in [3.63, 3.8) is 0 Å². The van der Waals surface area contributed by atoms with Gasteiger partial charge in [-0.05, 0) is 57.1 Å². The quantitative estimate of drug-likeness (QED) is 0.857. The molecule has 0 aromatic heterocycles. The summed E-state index contributed by atoms with van der Waals surface area (Å²) in [5.74, 6) is -0.124. The Hall–Kier alpha value is -0.980. The summed E-state index contributed by atoms with van der Waals surface area (Å²) in [6, 6.07) is 2.77. The van der Waals surface area contributed by atoms with E-state index in [0.29, 0.717) is 24.2 Å². The van der Waals surface area contributed by atoms with Gasteiger partial charge in [0.25, 0.3) is 0 Å². The molecular weight excluding hydrogens is 291 g/mol. The minimum atomic E-state index is -3.58. The Morgan fingerprint density at radius 2 is 1.71 bits per heavy atom. The van der Waals surface area contributed by atoms with Crippen molar-refractivity contribution in [3.05, 3.63) is 29.1 Å². The number of hydrogen-bond donors (Lipinski definition) is 0. The van der Waals surface area contributed by atoms with Gasteiger partial charge >= 0.3 is 0 Å². The average molecular weight is 314 g/mol. The highest BCUT2D eigenvalue weighted by Gasteiger charge is 2.39. The predicted octanol–water partition coefficient (Wildman–Crippen LogP) is 2.01. The van der Waals surface area contributed by atoms with Crippen LogP contribution in [0.1, 0.15) is 18.1 Å². The predicted molar refractivity (Wildman–Crippen MR) is 81.3 cm³/mol. The Bertz CT molecular complexity index is 620. The van der Waals surface area contributed by atoms with Crippen molar-refractivity contribution in [2.45, 2.75) is 31.7 Å². The lowest BCUT2D eigenvalue weighted by Crippen LogP contribution is -2.36. The van der Waals surface area contributed by atoms with Gasteiger partial charge in [0.2, 0.25) is 10.0 Å². The summed E-state index contributed by atoms with van der Waals surface area (Å²) in [4.78, 5) is 2.31. The SMILES string of the molecule is Cc1cc(F)cc(C)c1S(=O)(=O)N1CC(C)C(N(C)C)C1. The molecule has 1 fully saturated rings. The van der Waals surface area contributed by atoms with E-state index in [0.717, 1.165) is 0 Å². The smallest absolute Gasteiger partial charge is 0.243 e. The van der Waals surface area contributed by atoms with Crippen LogP contribution in [0.25, 0.3) is 0 Å². The number of halogens is 1. The van der Waals surface area contributed by atoms with Crippen LogP contribution in [0.2, 0.25) is 0 Å². The fourth-order valence-corrected chi connectivity index (χ4v) is 5.18. The molecule has 0 saturated carbocycles. The lowest BCUT2D eigenvalue weighted by atomic mass is 10.1. The minimum Gasteiger partial charge on any atom is -0.305 e. The molecule has 0 spiro atoms. The maximum atomic E-state index is 13.4. The van der Waals surface area contributed by atoms with Crippen molar-refractivity contribution in [2.24, 2.45) is 5.92 Å². The number of rotatable bonds is 3. The number of likely N-dealkylation sites (N-methyl/N-ethyl adjacent to an activating group) is 1. The summed E-state index contributed by atoms with van der Waals surface area (Å²) < 4.78 is 40.7. The molecule has 1 saturated heterocycles. The fourth-order valence-electron chi connectivity index (χ4n) is 3.21. The van der Waals surface area contributed by atoms with E-state index in [1.54, 1.807) is 13.8 Å². The number of benzene rings is 1. The zero-order chi connectivity index (χ0) is 15.9. The van der Waals surface area contributed by atoms with Gasteiger partial charge in [0.15, 0.2) is 0 Å². The van der Waals surface area contributed by atoms with Gasteiger partial charge in [-0.3, -0.25) is 0 Å². The summed E-state index contributed by atoms with van der Waals surface area (Å²) in [6.45, 7) is 6.33. The molecule has 0 aliphatic carbocycles. The van der Waals surface area contributed by atoms with E-state index in [1.165, 1.54) is 16.4 Å². The van der Waals surface area contributed by atoms with Crippen LogP contribution in [-0.4, -0.2) is 50.8 Å². The van der Waals surface area contributed by atoms with Crippen LogP contribution in [0.5, 0.6) is 0 Å². The second kappa shape index (κ2) is 5.66. The molecule has 2 unspecified atom stereocenters. The van der Waals surface area contributed by atoms with Crippen molar-refractivity contribution in [1.29, 1.82) is 0 Å². The summed E-state index contributed by atoms with van der Waals surface area (Å²) in [5, 5.41) is 0. The molecule has 1 aromatic carbocycles. The molecule has 1 aliphatic rings. The third-order valence-electron chi connectivity index (χ3n) is 4.23. The molecule has 0 radical (unpaired) electrons. The normalized spacial score (nSPS) is 24.0. The Balaban J connectivity index is 2.41. The Labute approximate surface area is 126 Å². The first-order valence-electron chi connectivity index (χ1n) is 7.08. The van der Waals surface area contributed by atoms with Gasteiger partial charge in [-0.2, -0.15) is 4.31 Å². The van der Waals surface area contributed by atoms with Gasteiger partial charge < -0.3 is 4.90 Å². The van der Waals surface area contributed by atoms with Crippen LogP contribution in [-0.2, 0) is 10.0 Å². The highest BCUT2D eigenvalue weighted by atomic mass is 32.2. The highest BCUT2D eigenvalue weighted by molar-refractivity contribution is 7.89. The fraction of sp³-hybridized carbons (Fsp3) is 0.600. The molecule has 1 heterocycles. The first-order valence-corrected chi connectivity index (χ1v) is 8.52. The molecule has 1 aliphatic heterocycles. The summed E-state index contributed by atoms with van der Waals surface area (Å²) in [5.41, 5.74) is 0.932. The van der Waals surface area contributed by atoms with Crippen molar-refractivity contribution in [3.8, 4) is 0 Å². The first-order chi connectivity index (χ1) is 9.64. The topological polar surface area (TPSA) is 40.6 Å². The maximum Gasteiger partial charge on any atom is 0.243 e. The molecule has 4 nitrogen and oxygen atoms in total. The van der Waals surface area contributed by atoms with Gasteiger partial charge in [-0.1, -0.05) is 6.92 Å². The zero-order valence-electron chi connectivity index (χ0n) is 13.2. The van der Waals surface area contributed by atoms with Crippen LogP contribution in [0, 0.1) is 25.6 Å². The number of nitrogens with zero attached hydrogens (tertiary/aromatic N) is 2. The molecule has 2 atom stereocenters. The lowest BCUT2D eigenvalue weighted by molar-refractivity contribution is 0.263. The van der Waals surface area contributed by atoms with Crippen LogP contribution >= 0.6 is 0 Å². The zero-order valence-corrected chi connectivity index (χ0v) is 14.0. The van der Waals surface area contributed by atoms with Crippen molar-refractivity contribution in [1.82, 2.24) is 9.21 Å². The molecule has 0 amide bonds. The molecule has 0 N–H and O–H groups in total. The molecule has 6 heteroatoms. The molecule has 21 heavy (non-hydrogen) atoms. The summed E-state index contributed by atoms with van der Waals surface area (Å²) in [7, 11) is 0.352. The third-order valence-corrected chi connectivity index (χ3v) is 6.36. The lowest BCUT2D eigenvalue weighted by Gasteiger charge is -2.23. The van der Waals surface area contributed by atoms with Crippen LogP contribution < -0.4 is 0 Å². The second-order valence-electron chi connectivity index (χ2n) is 6.20. The van der Waals surface area contributed by atoms with E-state index in [4.69, 9.17) is 0 Å². The van der Waals surface area contributed by atoms with Crippen LogP contribution in [0.15, 0.2) is 17.0 Å². The van der Waals surface area contributed by atoms with Gasteiger partial charge in [0.1, 0.15) is 5.82 Å². The maximum absolute atomic E-state index is 13.4. The molecule has 0 bridgehead atoms. The second-order valence-corrected chi connectivity index (χ2v) is 8.07. The van der Waals surface area contributed by atoms with E-state index in [1.807, 2.05) is 14.1 Å². The Morgan fingerprint density at radius 1 is 1.19 bits per heavy atom. The van der Waals surface area contributed by atoms with E-state index in [-0.39, 0.29) is 16.9 Å². The van der Waals surface area contributed by atoms with Crippen LogP contribution in [0.4, 0.5) is 4.39 Å². The van der Waals surface area contributed by atoms with Gasteiger partial charge in [-0.15, -0.1) is 0 Å². The van der Waals surface area contributed by atoms with Gasteiger partial charge in [-0.25, -0.2) is 12.8 Å². The number of aryl methyl sites for hydroxylation is 2. The van der Waals surface area contributed by atoms with E-state index in [9.17, 15) is 12.8 Å². The Morgan fingerprint density at radius 3 is 2.14 bits per heavy atom. The number of hydrogen-bond acceptors (Lipinski definition) is 3. The van der Waals surface area contributed by atoms with Gasteiger partial charge in [0.05, 0.1) is 4.90 Å². The summed E-state index contributed by atoms with van der Waals surface area (Å²) >= 11 is 0. The molecule has 118 valence electrons. The standard InChI is InChI=1S/C15H23FN2O2S/c1-10-6-13(16)7-11(2)15(10)21(19,20)18-8-12(3)14(9-18)17(4)5/h6-7,12,14H,8-9H2,1-5H3. The third kappa shape index (κ3) is 2.98. The van der Waals surface area contributed by atoms with Crippen molar-refractivity contribution in [2.75, 3.05) is 27.2 Å². The molecular formula is C15H23FN2O2S. The Kier molecular flexibility index (Phi) is 4.42. The minimum absolute atomic E-state index is 0.209. The highest BCUT2D eigenvalue weighted by Crippen LogP contribution is 2.30. The van der Waals surface area contributed by atoms with Crippen molar-refractivity contribution >= 4 is 10.0 Å². The van der Waals surface area contributed by atoms with E-state index < -0.39 is 15.8 Å². The monoisotopic (exact) mass is 314 g/mol. The average Bonchev–Trinajstić information content (AvgIpc) is 2.70. The molecule has 2 rings (SSSR count).